The van der Waals surface area contributed by atoms with Crippen LogP contribution in [0.2, 0.25) is 0 Å². The molecule has 0 aromatic rings. The summed E-state index contributed by atoms with van der Waals surface area (Å²) in [7, 11) is 3.84. The Hall–Kier alpha value is -1.22. The molecular formula is C25H43NO6S2. The quantitative estimate of drug-likeness (QED) is 0.201. The summed E-state index contributed by atoms with van der Waals surface area (Å²) in [4.78, 5) is 50.0. The number of hydrogen-bond acceptors (Lipinski definition) is 8. The minimum Gasteiger partial charge on any atom is -0.460 e. The summed E-state index contributed by atoms with van der Waals surface area (Å²) in [5.41, 5.74) is -1.27. The monoisotopic (exact) mass is 517 g/mol. The van der Waals surface area contributed by atoms with Crippen LogP contribution in [0.25, 0.3) is 0 Å². The molecule has 2 unspecified atom stereocenters. The Bertz CT molecular complexity index is 692. The summed E-state index contributed by atoms with van der Waals surface area (Å²) in [6.07, 6.45) is 4.46. The minimum absolute atomic E-state index is 0.00530. The van der Waals surface area contributed by atoms with Crippen molar-refractivity contribution in [2.45, 2.75) is 122 Å². The van der Waals surface area contributed by atoms with E-state index >= 15 is 0 Å². The molecular weight excluding hydrogens is 474 g/mol. The van der Waals surface area contributed by atoms with Crippen LogP contribution in [0, 0.1) is 5.92 Å². The molecule has 0 bridgehead atoms. The molecule has 0 aromatic heterocycles. The first kappa shape index (κ1) is 30.8. The Morgan fingerprint density at radius 1 is 0.971 bits per heavy atom. The van der Waals surface area contributed by atoms with E-state index in [0.717, 1.165) is 19.3 Å². The Morgan fingerprint density at radius 3 is 2.18 bits per heavy atom. The van der Waals surface area contributed by atoms with Crippen molar-refractivity contribution in [2.75, 3.05) is 5.75 Å². The van der Waals surface area contributed by atoms with Crippen molar-refractivity contribution in [3.63, 3.8) is 0 Å². The molecule has 9 heteroatoms. The summed E-state index contributed by atoms with van der Waals surface area (Å²) >= 11 is 0. The highest BCUT2D eigenvalue weighted by Gasteiger charge is 2.29. The predicted molar refractivity (Wildman–Crippen MR) is 139 cm³/mol. The van der Waals surface area contributed by atoms with Crippen molar-refractivity contribution in [3.8, 4) is 0 Å². The molecule has 0 saturated carbocycles. The lowest BCUT2D eigenvalue weighted by molar-refractivity contribution is -0.161. The average molecular weight is 518 g/mol. The number of rotatable bonds is 13. The van der Waals surface area contributed by atoms with E-state index in [9.17, 15) is 19.2 Å². The molecule has 1 amide bonds. The predicted octanol–water partition coefficient (Wildman–Crippen LogP) is 5.24. The number of Topliss-reactive ketones (excluding diaryl/α,β-unsaturated/α-hetero) is 1. The van der Waals surface area contributed by atoms with Crippen molar-refractivity contribution in [1.29, 1.82) is 0 Å². The van der Waals surface area contributed by atoms with Gasteiger partial charge in [-0.1, -0.05) is 34.9 Å². The van der Waals surface area contributed by atoms with E-state index < -0.39 is 35.1 Å². The molecule has 196 valence electrons. The molecule has 0 radical (unpaired) electrons. The summed E-state index contributed by atoms with van der Waals surface area (Å²) in [5.74, 6) is -0.823. The van der Waals surface area contributed by atoms with Gasteiger partial charge in [0.2, 0.25) is 5.91 Å². The van der Waals surface area contributed by atoms with Gasteiger partial charge >= 0.3 is 11.9 Å². The molecule has 1 aliphatic rings. The molecule has 1 N–H and O–H groups in total. The molecule has 0 aliphatic carbocycles. The topological polar surface area (TPSA) is 98.8 Å². The number of esters is 2. The smallest absolute Gasteiger partial charge is 0.309 e. The first-order chi connectivity index (χ1) is 15.7. The number of ether oxygens (including phenoxy) is 2. The van der Waals surface area contributed by atoms with E-state index in [2.05, 4.69) is 5.32 Å². The third-order valence-corrected chi connectivity index (χ3v) is 8.01. The molecule has 1 fully saturated rings. The van der Waals surface area contributed by atoms with Crippen LogP contribution in [0.5, 0.6) is 0 Å². The molecule has 1 heterocycles. The molecule has 1 aliphatic heterocycles. The zero-order chi connectivity index (χ0) is 25.9. The van der Waals surface area contributed by atoms with Gasteiger partial charge in [0, 0.05) is 30.3 Å². The van der Waals surface area contributed by atoms with Gasteiger partial charge in [0.15, 0.2) is 5.78 Å². The second-order valence-electron chi connectivity index (χ2n) is 10.9. The number of ketones is 1. The van der Waals surface area contributed by atoms with Crippen LogP contribution in [0.3, 0.4) is 0 Å². The fraction of sp³-hybridized carbons (Fsp3) is 0.840. The fourth-order valence-corrected chi connectivity index (χ4v) is 6.41. The molecule has 0 aromatic carbocycles. The van der Waals surface area contributed by atoms with Gasteiger partial charge in [-0.25, -0.2) is 0 Å². The van der Waals surface area contributed by atoms with E-state index in [4.69, 9.17) is 9.47 Å². The highest BCUT2D eigenvalue weighted by atomic mass is 33.1. The number of nitrogens with one attached hydrogen (secondary N) is 1. The highest BCUT2D eigenvalue weighted by Crippen LogP contribution is 2.39. The van der Waals surface area contributed by atoms with Crippen molar-refractivity contribution >= 4 is 45.2 Å². The van der Waals surface area contributed by atoms with Crippen LogP contribution < -0.4 is 5.32 Å². The van der Waals surface area contributed by atoms with E-state index in [1.807, 2.05) is 21.6 Å². The minimum atomic E-state index is -0.841. The number of amides is 1. The van der Waals surface area contributed by atoms with Gasteiger partial charge in [-0.05, 0) is 67.2 Å². The van der Waals surface area contributed by atoms with Gasteiger partial charge in [0.05, 0.1) is 12.0 Å². The lowest BCUT2D eigenvalue weighted by Gasteiger charge is -2.24. The van der Waals surface area contributed by atoms with Crippen LogP contribution in [0.15, 0.2) is 0 Å². The first-order valence-electron chi connectivity index (χ1n) is 12.2. The van der Waals surface area contributed by atoms with Gasteiger partial charge in [0.25, 0.3) is 0 Å². The SMILES string of the molecule is CC(CC(=O)C(CCC(=O)OC(C)(C)C)NC(=O)CCCC[C@@H]1CCSS1)C(=O)OC(C)(C)C. The Morgan fingerprint density at radius 2 is 1.62 bits per heavy atom. The number of hydrogen-bond donors (Lipinski definition) is 1. The maximum Gasteiger partial charge on any atom is 0.309 e. The third kappa shape index (κ3) is 14.2. The molecule has 0 spiro atoms. The maximum absolute atomic E-state index is 13.0. The van der Waals surface area contributed by atoms with Crippen molar-refractivity contribution in [1.82, 2.24) is 5.32 Å². The van der Waals surface area contributed by atoms with Crippen LogP contribution in [0.1, 0.15) is 99.8 Å². The number of unbranched alkanes of at least 4 members (excludes halogenated alkanes) is 1. The van der Waals surface area contributed by atoms with Gasteiger partial charge in [0.1, 0.15) is 11.2 Å². The zero-order valence-corrected chi connectivity index (χ0v) is 23.5. The summed E-state index contributed by atoms with van der Waals surface area (Å²) in [6, 6.07) is -0.841. The molecule has 3 atom stereocenters. The summed E-state index contributed by atoms with van der Waals surface area (Å²) in [6.45, 7) is 12.3. The van der Waals surface area contributed by atoms with E-state index in [1.165, 1.54) is 12.2 Å². The van der Waals surface area contributed by atoms with Crippen molar-refractivity contribution in [2.24, 2.45) is 5.92 Å². The highest BCUT2D eigenvalue weighted by molar-refractivity contribution is 8.77. The van der Waals surface area contributed by atoms with Gasteiger partial charge in [-0.15, -0.1) is 0 Å². The second-order valence-corrected chi connectivity index (χ2v) is 13.7. The second kappa shape index (κ2) is 14.4. The molecule has 1 saturated heterocycles. The summed E-state index contributed by atoms with van der Waals surface area (Å²) in [5, 5.41) is 3.47. The van der Waals surface area contributed by atoms with Gasteiger partial charge < -0.3 is 14.8 Å². The van der Waals surface area contributed by atoms with Crippen molar-refractivity contribution < 1.29 is 28.7 Å². The Labute approximate surface area is 213 Å². The number of carbonyl (C=O) groups excluding carboxylic acids is 4. The van der Waals surface area contributed by atoms with Crippen LogP contribution in [-0.2, 0) is 28.7 Å². The normalized spacial score (nSPS) is 18.1. The van der Waals surface area contributed by atoms with Crippen LogP contribution in [-0.4, -0.2) is 51.9 Å². The number of carbonyl (C=O) groups is 4. The van der Waals surface area contributed by atoms with E-state index in [-0.39, 0.29) is 31.0 Å². The van der Waals surface area contributed by atoms with Gasteiger partial charge in [-0.2, -0.15) is 0 Å². The van der Waals surface area contributed by atoms with Crippen LogP contribution in [0.4, 0.5) is 0 Å². The fourth-order valence-electron chi connectivity index (χ4n) is 3.39. The van der Waals surface area contributed by atoms with Crippen molar-refractivity contribution in [3.05, 3.63) is 0 Å². The Kier molecular flexibility index (Phi) is 13.0. The molecule has 1 rings (SSSR count). The maximum atomic E-state index is 13.0. The molecule has 7 nitrogen and oxygen atoms in total. The Balaban J connectivity index is 2.64. The standard InChI is InChI=1S/C25H43NO6S2/c1-17(23(30)32-25(5,6)7)16-20(27)19(12-13-22(29)31-24(2,3)4)26-21(28)11-9-8-10-18-14-15-33-34-18/h17-19H,8-16H2,1-7H3,(H,26,28)/t17?,18-,19?/m1/s1. The van der Waals surface area contributed by atoms with Crippen LogP contribution >= 0.6 is 21.6 Å². The van der Waals surface area contributed by atoms with E-state index in [1.54, 1.807) is 48.5 Å². The lowest BCUT2D eigenvalue weighted by Crippen LogP contribution is -2.42. The summed E-state index contributed by atoms with van der Waals surface area (Å²) < 4.78 is 10.7. The van der Waals surface area contributed by atoms with E-state index in [0.29, 0.717) is 11.7 Å². The third-order valence-electron chi connectivity index (χ3n) is 5.00. The zero-order valence-electron chi connectivity index (χ0n) is 21.9. The first-order valence-corrected chi connectivity index (χ1v) is 14.6. The van der Waals surface area contributed by atoms with Gasteiger partial charge in [-0.3, -0.25) is 19.2 Å². The average Bonchev–Trinajstić information content (AvgIpc) is 3.19. The largest absolute Gasteiger partial charge is 0.460 e. The molecule has 34 heavy (non-hydrogen) atoms. The lowest BCUT2D eigenvalue weighted by atomic mass is 9.96.